The van der Waals surface area contributed by atoms with Crippen LogP contribution >= 0.6 is 11.3 Å². The van der Waals surface area contributed by atoms with E-state index in [9.17, 15) is 9.59 Å². The Balaban J connectivity index is 1.33. The van der Waals surface area contributed by atoms with E-state index in [0.29, 0.717) is 10.7 Å². The van der Waals surface area contributed by atoms with E-state index < -0.39 is 0 Å². The van der Waals surface area contributed by atoms with Gasteiger partial charge < -0.3 is 20.7 Å². The Morgan fingerprint density at radius 2 is 2.00 bits per heavy atom. The molecule has 8 nitrogen and oxygen atoms in total. The Hall–Kier alpha value is -2.33. The highest BCUT2D eigenvalue weighted by Gasteiger charge is 2.26. The first kappa shape index (κ1) is 22.8. The summed E-state index contributed by atoms with van der Waals surface area (Å²) in [4.78, 5) is 31.9. The van der Waals surface area contributed by atoms with Crippen molar-refractivity contribution in [2.24, 2.45) is 0 Å². The maximum atomic E-state index is 12.8. The van der Waals surface area contributed by atoms with Gasteiger partial charge in [0, 0.05) is 41.7 Å². The molecule has 3 N–H and O–H groups in total. The summed E-state index contributed by atoms with van der Waals surface area (Å²) in [7, 11) is 0. The largest absolute Gasteiger partial charge is 0.379 e. The SMILES string of the molecule is CC(C)(CN1CCOCC1)NC(=O)c1ccc(-c2csc(NC(=O)C3CCCN3)n2)cc1. The van der Waals surface area contributed by atoms with Crippen molar-refractivity contribution in [1.82, 2.24) is 20.5 Å². The second-order valence-electron chi connectivity index (χ2n) is 8.98. The molecule has 2 aliphatic rings. The molecular formula is C23H31N5O3S. The molecule has 2 aliphatic heterocycles. The van der Waals surface area contributed by atoms with Crippen LogP contribution in [0.3, 0.4) is 0 Å². The lowest BCUT2D eigenvalue weighted by Crippen LogP contribution is -2.53. The summed E-state index contributed by atoms with van der Waals surface area (Å²) >= 11 is 1.40. The van der Waals surface area contributed by atoms with Crippen molar-refractivity contribution in [3.8, 4) is 11.3 Å². The van der Waals surface area contributed by atoms with Gasteiger partial charge in [-0.2, -0.15) is 0 Å². The summed E-state index contributed by atoms with van der Waals surface area (Å²) in [6.45, 7) is 9.01. The van der Waals surface area contributed by atoms with Gasteiger partial charge in [0.15, 0.2) is 5.13 Å². The lowest BCUT2D eigenvalue weighted by molar-refractivity contribution is -0.117. The number of morpholine rings is 1. The third-order valence-electron chi connectivity index (χ3n) is 5.73. The Bertz CT molecular complexity index is 931. The van der Waals surface area contributed by atoms with E-state index >= 15 is 0 Å². The van der Waals surface area contributed by atoms with Crippen molar-refractivity contribution >= 4 is 28.3 Å². The monoisotopic (exact) mass is 457 g/mol. The van der Waals surface area contributed by atoms with Gasteiger partial charge in [-0.25, -0.2) is 4.98 Å². The van der Waals surface area contributed by atoms with Crippen molar-refractivity contribution in [2.45, 2.75) is 38.3 Å². The number of aromatic nitrogens is 1. The molecule has 1 atom stereocenters. The molecule has 2 aromatic rings. The lowest BCUT2D eigenvalue weighted by atomic mass is 10.0. The van der Waals surface area contributed by atoms with E-state index in [1.54, 1.807) is 0 Å². The summed E-state index contributed by atoms with van der Waals surface area (Å²) in [5.74, 6) is -0.125. The number of carbonyl (C=O) groups excluding carboxylic acids is 2. The normalized spacial score (nSPS) is 19.6. The summed E-state index contributed by atoms with van der Waals surface area (Å²) in [6, 6.07) is 7.28. The van der Waals surface area contributed by atoms with Gasteiger partial charge >= 0.3 is 0 Å². The fourth-order valence-corrected chi connectivity index (χ4v) is 4.82. The molecule has 3 heterocycles. The van der Waals surface area contributed by atoms with Gasteiger partial charge in [-0.05, 0) is 45.4 Å². The van der Waals surface area contributed by atoms with Crippen LogP contribution in [0.2, 0.25) is 0 Å². The minimum absolute atomic E-state index is 0.0323. The maximum absolute atomic E-state index is 12.8. The number of rotatable bonds is 7. The Labute approximate surface area is 192 Å². The van der Waals surface area contributed by atoms with E-state index in [2.05, 4.69) is 25.8 Å². The number of thiazole rings is 1. The molecule has 172 valence electrons. The maximum Gasteiger partial charge on any atom is 0.251 e. The number of hydrogen-bond donors (Lipinski definition) is 3. The summed E-state index contributed by atoms with van der Waals surface area (Å²) in [5.41, 5.74) is 1.96. The third kappa shape index (κ3) is 5.92. The molecule has 4 rings (SSSR count). The highest BCUT2D eigenvalue weighted by atomic mass is 32.1. The molecule has 0 radical (unpaired) electrons. The fourth-order valence-electron chi connectivity index (χ4n) is 4.09. The average molecular weight is 458 g/mol. The van der Waals surface area contributed by atoms with Crippen LogP contribution < -0.4 is 16.0 Å². The standard InChI is InChI=1S/C23H31N5O3S/c1-23(2,15-28-10-12-31-13-11-28)27-20(29)17-7-5-16(6-8-17)19-14-32-22(25-19)26-21(30)18-4-3-9-24-18/h5-8,14,18,24H,3-4,9-13,15H2,1-2H3,(H,27,29)(H,25,26,30). The molecule has 0 saturated carbocycles. The van der Waals surface area contributed by atoms with Gasteiger partial charge in [0.25, 0.3) is 5.91 Å². The predicted octanol–water partition coefficient (Wildman–Crippen LogP) is 2.34. The van der Waals surface area contributed by atoms with Crippen LogP contribution in [-0.4, -0.2) is 72.7 Å². The number of nitrogens with zero attached hydrogens (tertiary/aromatic N) is 2. The van der Waals surface area contributed by atoms with Gasteiger partial charge in [-0.15, -0.1) is 11.3 Å². The Morgan fingerprint density at radius 1 is 1.25 bits per heavy atom. The molecule has 1 unspecified atom stereocenters. The Kier molecular flexibility index (Phi) is 7.20. The first-order chi connectivity index (χ1) is 15.4. The second-order valence-corrected chi connectivity index (χ2v) is 9.84. The zero-order chi connectivity index (χ0) is 22.6. The van der Waals surface area contributed by atoms with Gasteiger partial charge in [0.05, 0.1) is 24.9 Å². The quantitative estimate of drug-likeness (QED) is 0.591. The number of anilines is 1. The number of nitrogens with one attached hydrogen (secondary N) is 3. The van der Waals surface area contributed by atoms with Gasteiger partial charge in [-0.1, -0.05) is 12.1 Å². The number of hydrogen-bond acceptors (Lipinski definition) is 7. The molecule has 2 fully saturated rings. The van der Waals surface area contributed by atoms with E-state index in [1.807, 2.05) is 43.5 Å². The van der Waals surface area contributed by atoms with Gasteiger partial charge in [0.1, 0.15) is 0 Å². The van der Waals surface area contributed by atoms with Crippen LogP contribution in [0.4, 0.5) is 5.13 Å². The topological polar surface area (TPSA) is 95.6 Å². The van der Waals surface area contributed by atoms with Crippen LogP contribution in [0, 0.1) is 0 Å². The molecule has 0 bridgehead atoms. The van der Waals surface area contributed by atoms with Gasteiger partial charge in [-0.3, -0.25) is 14.5 Å². The van der Waals surface area contributed by atoms with Crippen molar-refractivity contribution in [2.75, 3.05) is 44.7 Å². The van der Waals surface area contributed by atoms with E-state index in [0.717, 1.165) is 63.5 Å². The molecule has 9 heteroatoms. The predicted molar refractivity (Wildman–Crippen MR) is 126 cm³/mol. The van der Waals surface area contributed by atoms with Crippen LogP contribution in [0.25, 0.3) is 11.3 Å². The van der Waals surface area contributed by atoms with Gasteiger partial charge in [0.2, 0.25) is 5.91 Å². The molecule has 0 spiro atoms. The van der Waals surface area contributed by atoms with E-state index in [-0.39, 0.29) is 23.4 Å². The fraction of sp³-hybridized carbons (Fsp3) is 0.522. The van der Waals surface area contributed by atoms with Crippen LogP contribution in [0.15, 0.2) is 29.6 Å². The zero-order valence-electron chi connectivity index (χ0n) is 18.6. The van der Waals surface area contributed by atoms with Crippen molar-refractivity contribution < 1.29 is 14.3 Å². The molecule has 1 aromatic carbocycles. The third-order valence-corrected chi connectivity index (χ3v) is 6.49. The minimum Gasteiger partial charge on any atom is -0.379 e. The van der Waals surface area contributed by atoms with Crippen molar-refractivity contribution in [3.05, 3.63) is 35.2 Å². The van der Waals surface area contributed by atoms with Crippen LogP contribution in [0.1, 0.15) is 37.0 Å². The molecule has 2 amide bonds. The van der Waals surface area contributed by atoms with Crippen LogP contribution in [0.5, 0.6) is 0 Å². The number of amides is 2. The molecular weight excluding hydrogens is 426 g/mol. The lowest BCUT2D eigenvalue weighted by Gasteiger charge is -2.35. The Morgan fingerprint density at radius 3 is 2.69 bits per heavy atom. The summed E-state index contributed by atoms with van der Waals surface area (Å²) < 4.78 is 5.40. The number of benzene rings is 1. The van der Waals surface area contributed by atoms with Crippen molar-refractivity contribution in [3.63, 3.8) is 0 Å². The summed E-state index contributed by atoms with van der Waals surface area (Å²) in [5, 5.41) is 11.7. The first-order valence-electron chi connectivity index (χ1n) is 11.1. The smallest absolute Gasteiger partial charge is 0.251 e. The number of ether oxygens (including phenoxy) is 1. The molecule has 0 aliphatic carbocycles. The first-order valence-corrected chi connectivity index (χ1v) is 12.0. The molecule has 32 heavy (non-hydrogen) atoms. The zero-order valence-corrected chi connectivity index (χ0v) is 19.5. The second kappa shape index (κ2) is 10.1. The highest BCUT2D eigenvalue weighted by Crippen LogP contribution is 2.25. The van der Waals surface area contributed by atoms with Crippen molar-refractivity contribution in [1.29, 1.82) is 0 Å². The molecule has 2 saturated heterocycles. The average Bonchev–Trinajstić information content (AvgIpc) is 3.46. The molecule has 1 aromatic heterocycles. The van der Waals surface area contributed by atoms with E-state index in [1.165, 1.54) is 11.3 Å². The van der Waals surface area contributed by atoms with Crippen LogP contribution in [-0.2, 0) is 9.53 Å². The minimum atomic E-state index is -0.344. The summed E-state index contributed by atoms with van der Waals surface area (Å²) in [6.07, 6.45) is 1.88. The van der Waals surface area contributed by atoms with E-state index in [4.69, 9.17) is 4.74 Å². The highest BCUT2D eigenvalue weighted by molar-refractivity contribution is 7.14. The number of carbonyl (C=O) groups is 2.